The Labute approximate surface area is 95.6 Å². The molecule has 0 aliphatic rings. The fraction of sp³-hybridized carbons (Fsp3) is 0.818. The summed E-state index contributed by atoms with van der Waals surface area (Å²) in [5, 5.41) is 26.9. The topological polar surface area (TPSA) is 90.6 Å². The van der Waals surface area contributed by atoms with E-state index in [9.17, 15) is 15.0 Å². The van der Waals surface area contributed by atoms with Gasteiger partial charge >= 0.3 is 5.97 Å². The number of carbonyl (C=O) groups excluding carboxylic acids is 1. The van der Waals surface area contributed by atoms with Crippen molar-refractivity contribution in [2.45, 2.75) is 45.3 Å². The zero-order valence-corrected chi connectivity index (χ0v) is 9.72. The molecule has 2 atom stereocenters. The fourth-order valence-electron chi connectivity index (χ4n) is 1.10. The highest BCUT2D eigenvalue weighted by molar-refractivity contribution is 5.69. The molecule has 0 aromatic heterocycles. The molecule has 5 nitrogen and oxygen atoms in total. The smallest absolute Gasteiger partial charge is 0.308 e. The number of ether oxygens (including phenoxy) is 1. The standard InChI is InChI=1S/C11H19NO4/c1-8(2)7-16-11(15)6-10(14)5-9(13)3-4-12/h8-10,13-14H,3,5-7H2,1-2H3. The molecule has 0 aliphatic carbocycles. The Balaban J connectivity index is 3.74. The minimum absolute atomic E-state index is 0.0182. The van der Waals surface area contributed by atoms with Gasteiger partial charge in [-0.15, -0.1) is 0 Å². The molecule has 2 N–H and O–H groups in total. The molecule has 0 spiro atoms. The monoisotopic (exact) mass is 229 g/mol. The number of esters is 1. The Bertz CT molecular complexity index is 247. The van der Waals surface area contributed by atoms with Crippen molar-refractivity contribution in [1.29, 1.82) is 5.26 Å². The Kier molecular flexibility index (Phi) is 7.52. The van der Waals surface area contributed by atoms with Crippen molar-refractivity contribution >= 4 is 5.97 Å². The Morgan fingerprint density at radius 3 is 2.50 bits per heavy atom. The molecule has 0 rings (SSSR count). The molecular weight excluding hydrogens is 210 g/mol. The molecule has 0 amide bonds. The molecule has 0 saturated carbocycles. The van der Waals surface area contributed by atoms with Crippen LogP contribution < -0.4 is 0 Å². The van der Waals surface area contributed by atoms with Crippen LogP contribution in [0.2, 0.25) is 0 Å². The number of hydrogen-bond donors (Lipinski definition) is 2. The summed E-state index contributed by atoms with van der Waals surface area (Å²) in [6.45, 7) is 4.16. The molecule has 0 aliphatic heterocycles. The van der Waals surface area contributed by atoms with Gasteiger partial charge in [-0.2, -0.15) is 5.26 Å². The number of carbonyl (C=O) groups is 1. The van der Waals surface area contributed by atoms with Crippen molar-refractivity contribution in [2.24, 2.45) is 5.92 Å². The minimum atomic E-state index is -0.956. The van der Waals surface area contributed by atoms with Crippen molar-refractivity contribution in [3.05, 3.63) is 0 Å². The number of aliphatic hydroxyl groups excluding tert-OH is 2. The third kappa shape index (κ3) is 8.21. The summed E-state index contributed by atoms with van der Waals surface area (Å²) in [4.78, 5) is 11.2. The molecule has 0 bridgehead atoms. The van der Waals surface area contributed by atoms with Gasteiger partial charge in [0.2, 0.25) is 0 Å². The molecule has 0 saturated heterocycles. The average Bonchev–Trinajstić information content (AvgIpc) is 2.14. The first-order valence-corrected chi connectivity index (χ1v) is 5.34. The first-order valence-electron chi connectivity index (χ1n) is 5.34. The first kappa shape index (κ1) is 14.9. The molecule has 92 valence electrons. The van der Waals surface area contributed by atoms with Crippen LogP contribution in [-0.2, 0) is 9.53 Å². The van der Waals surface area contributed by atoms with Gasteiger partial charge in [-0.05, 0) is 5.92 Å². The predicted molar refractivity (Wildman–Crippen MR) is 57.3 cm³/mol. The SMILES string of the molecule is CC(C)COC(=O)CC(O)CC(O)CC#N. The summed E-state index contributed by atoms with van der Waals surface area (Å²) in [5.41, 5.74) is 0. The van der Waals surface area contributed by atoms with E-state index < -0.39 is 18.2 Å². The van der Waals surface area contributed by atoms with Crippen LogP contribution in [0.4, 0.5) is 0 Å². The van der Waals surface area contributed by atoms with Gasteiger partial charge in [0.1, 0.15) is 0 Å². The zero-order valence-electron chi connectivity index (χ0n) is 9.72. The highest BCUT2D eigenvalue weighted by Crippen LogP contribution is 2.07. The van der Waals surface area contributed by atoms with Gasteiger partial charge in [0.05, 0.1) is 37.7 Å². The number of aliphatic hydroxyl groups is 2. The lowest BCUT2D eigenvalue weighted by molar-refractivity contribution is -0.147. The maximum Gasteiger partial charge on any atom is 0.308 e. The van der Waals surface area contributed by atoms with Crippen LogP contribution in [0.5, 0.6) is 0 Å². The third-order valence-electron chi connectivity index (χ3n) is 1.85. The van der Waals surface area contributed by atoms with E-state index in [1.807, 2.05) is 13.8 Å². The maximum atomic E-state index is 11.2. The fourth-order valence-corrected chi connectivity index (χ4v) is 1.10. The number of nitriles is 1. The summed E-state index contributed by atoms with van der Waals surface area (Å²) in [6, 6.07) is 1.79. The molecule has 5 heteroatoms. The molecule has 0 radical (unpaired) electrons. The molecule has 0 aromatic rings. The van der Waals surface area contributed by atoms with Gasteiger partial charge in [-0.1, -0.05) is 13.8 Å². The van der Waals surface area contributed by atoms with E-state index in [2.05, 4.69) is 0 Å². The lowest BCUT2D eigenvalue weighted by atomic mass is 10.1. The summed E-state index contributed by atoms with van der Waals surface area (Å²) in [5.74, 6) is -0.226. The van der Waals surface area contributed by atoms with E-state index in [1.54, 1.807) is 6.07 Å². The number of rotatable bonds is 7. The minimum Gasteiger partial charge on any atom is -0.465 e. The second-order valence-electron chi connectivity index (χ2n) is 4.19. The molecular formula is C11H19NO4. The van der Waals surface area contributed by atoms with Gasteiger partial charge in [0.15, 0.2) is 0 Å². The largest absolute Gasteiger partial charge is 0.465 e. The van der Waals surface area contributed by atoms with Crippen LogP contribution in [-0.4, -0.2) is 35.0 Å². The lowest BCUT2D eigenvalue weighted by Gasteiger charge is -2.13. The Morgan fingerprint density at radius 2 is 2.00 bits per heavy atom. The van der Waals surface area contributed by atoms with Crippen molar-refractivity contribution in [1.82, 2.24) is 0 Å². The Morgan fingerprint density at radius 1 is 1.38 bits per heavy atom. The highest BCUT2D eigenvalue weighted by atomic mass is 16.5. The first-order chi connectivity index (χ1) is 7.45. The van der Waals surface area contributed by atoms with Gasteiger partial charge < -0.3 is 14.9 Å². The highest BCUT2D eigenvalue weighted by Gasteiger charge is 2.16. The van der Waals surface area contributed by atoms with Crippen LogP contribution in [0.25, 0.3) is 0 Å². The summed E-state index contributed by atoms with van der Waals surface area (Å²) in [6.07, 6.45) is -2.02. The average molecular weight is 229 g/mol. The van der Waals surface area contributed by atoms with E-state index in [4.69, 9.17) is 10.00 Å². The van der Waals surface area contributed by atoms with Gasteiger partial charge in [-0.25, -0.2) is 0 Å². The maximum absolute atomic E-state index is 11.2. The quantitative estimate of drug-likeness (QED) is 0.624. The molecule has 0 heterocycles. The van der Waals surface area contributed by atoms with Crippen molar-refractivity contribution in [3.63, 3.8) is 0 Å². The van der Waals surface area contributed by atoms with E-state index in [1.165, 1.54) is 0 Å². The summed E-state index contributed by atoms with van der Waals surface area (Å²) < 4.78 is 4.87. The Hall–Kier alpha value is -1.12. The van der Waals surface area contributed by atoms with Gasteiger partial charge in [-0.3, -0.25) is 4.79 Å². The molecule has 16 heavy (non-hydrogen) atoms. The molecule has 0 fully saturated rings. The molecule has 0 aromatic carbocycles. The van der Waals surface area contributed by atoms with E-state index in [0.717, 1.165) is 0 Å². The van der Waals surface area contributed by atoms with E-state index in [-0.39, 0.29) is 25.2 Å². The predicted octanol–water partition coefficient (Wildman–Crippen LogP) is 0.601. The van der Waals surface area contributed by atoms with Crippen molar-refractivity contribution in [3.8, 4) is 6.07 Å². The third-order valence-corrected chi connectivity index (χ3v) is 1.85. The van der Waals surface area contributed by atoms with Crippen LogP contribution in [0.1, 0.15) is 33.1 Å². The zero-order chi connectivity index (χ0) is 12.6. The summed E-state index contributed by atoms with van der Waals surface area (Å²) in [7, 11) is 0. The van der Waals surface area contributed by atoms with Gasteiger partial charge in [0, 0.05) is 6.42 Å². The van der Waals surface area contributed by atoms with Gasteiger partial charge in [0.25, 0.3) is 0 Å². The second-order valence-corrected chi connectivity index (χ2v) is 4.19. The number of hydrogen-bond acceptors (Lipinski definition) is 5. The normalized spacial score (nSPS) is 14.2. The lowest BCUT2D eigenvalue weighted by Crippen LogP contribution is -2.22. The van der Waals surface area contributed by atoms with Crippen molar-refractivity contribution < 1.29 is 19.7 Å². The number of nitrogens with zero attached hydrogens (tertiary/aromatic N) is 1. The van der Waals surface area contributed by atoms with Crippen LogP contribution in [0, 0.1) is 17.2 Å². The second kappa shape index (κ2) is 8.08. The summed E-state index contributed by atoms with van der Waals surface area (Å²) >= 11 is 0. The van der Waals surface area contributed by atoms with Crippen LogP contribution in [0.15, 0.2) is 0 Å². The van der Waals surface area contributed by atoms with Crippen LogP contribution in [0.3, 0.4) is 0 Å². The molecule has 2 unspecified atom stereocenters. The van der Waals surface area contributed by atoms with E-state index in [0.29, 0.717) is 6.61 Å². The van der Waals surface area contributed by atoms with Crippen molar-refractivity contribution in [2.75, 3.05) is 6.61 Å². The van der Waals surface area contributed by atoms with E-state index >= 15 is 0 Å². The van der Waals surface area contributed by atoms with Crippen LogP contribution >= 0.6 is 0 Å².